The molecule has 2 N–H and O–H groups in total. The molecule has 1 aromatic rings. The second-order valence-electron chi connectivity index (χ2n) is 4.90. The standard InChI is InChI=1S/C15H24N2O3S/c1-4-12(5-2)17(8-9-18)15(20)11(3)16-14(19)13-7-6-10-21-13/h6-7,10-12,18H,4-5,8-9H2,1-3H3,(H,16,19). The number of hydrogen-bond acceptors (Lipinski definition) is 4. The average Bonchev–Trinajstić information content (AvgIpc) is 3.01. The molecule has 0 bridgehead atoms. The average molecular weight is 312 g/mol. The third-order valence-corrected chi connectivity index (χ3v) is 4.34. The number of carbonyl (C=O) groups is 2. The van der Waals surface area contributed by atoms with Crippen LogP contribution in [0.3, 0.4) is 0 Å². The van der Waals surface area contributed by atoms with Gasteiger partial charge in [0.25, 0.3) is 5.91 Å². The van der Waals surface area contributed by atoms with Gasteiger partial charge in [0.2, 0.25) is 5.91 Å². The van der Waals surface area contributed by atoms with Gasteiger partial charge in [0.1, 0.15) is 6.04 Å². The smallest absolute Gasteiger partial charge is 0.261 e. The summed E-state index contributed by atoms with van der Waals surface area (Å²) < 4.78 is 0. The second-order valence-corrected chi connectivity index (χ2v) is 5.85. The molecule has 1 rings (SSSR count). The van der Waals surface area contributed by atoms with E-state index in [0.717, 1.165) is 12.8 Å². The molecule has 0 saturated heterocycles. The molecule has 0 spiro atoms. The lowest BCUT2D eigenvalue weighted by Gasteiger charge is -2.32. The van der Waals surface area contributed by atoms with E-state index in [1.807, 2.05) is 19.2 Å². The molecule has 1 heterocycles. The van der Waals surface area contributed by atoms with Crippen molar-refractivity contribution >= 4 is 23.2 Å². The third-order valence-electron chi connectivity index (χ3n) is 3.47. The van der Waals surface area contributed by atoms with Crippen LogP contribution in [0, 0.1) is 0 Å². The molecule has 6 heteroatoms. The van der Waals surface area contributed by atoms with E-state index < -0.39 is 6.04 Å². The topological polar surface area (TPSA) is 69.6 Å². The number of rotatable bonds is 8. The molecular formula is C15H24N2O3S. The van der Waals surface area contributed by atoms with Crippen molar-refractivity contribution in [3.63, 3.8) is 0 Å². The number of hydrogen-bond donors (Lipinski definition) is 2. The van der Waals surface area contributed by atoms with Crippen molar-refractivity contribution in [2.45, 2.75) is 45.7 Å². The van der Waals surface area contributed by atoms with Gasteiger partial charge in [-0.3, -0.25) is 9.59 Å². The maximum atomic E-state index is 12.5. The normalized spacial score (nSPS) is 12.2. The number of carbonyl (C=O) groups excluding carboxylic acids is 2. The van der Waals surface area contributed by atoms with E-state index in [1.165, 1.54) is 11.3 Å². The molecule has 0 fully saturated rings. The number of amides is 2. The van der Waals surface area contributed by atoms with Crippen LogP contribution in [0.25, 0.3) is 0 Å². The van der Waals surface area contributed by atoms with Crippen molar-refractivity contribution in [2.75, 3.05) is 13.2 Å². The Labute approximate surface area is 130 Å². The Bertz CT molecular complexity index is 444. The van der Waals surface area contributed by atoms with Gasteiger partial charge in [-0.1, -0.05) is 19.9 Å². The first-order chi connectivity index (χ1) is 10.0. The Balaban J connectivity index is 2.71. The zero-order chi connectivity index (χ0) is 15.8. The summed E-state index contributed by atoms with van der Waals surface area (Å²) >= 11 is 1.34. The van der Waals surface area contributed by atoms with Crippen molar-refractivity contribution in [3.05, 3.63) is 22.4 Å². The first-order valence-corrected chi connectivity index (χ1v) is 8.18. The summed E-state index contributed by atoms with van der Waals surface area (Å²) in [5.74, 6) is -0.387. The highest BCUT2D eigenvalue weighted by atomic mass is 32.1. The van der Waals surface area contributed by atoms with Crippen molar-refractivity contribution in [1.82, 2.24) is 10.2 Å². The van der Waals surface area contributed by atoms with Gasteiger partial charge in [-0.05, 0) is 31.2 Å². The van der Waals surface area contributed by atoms with Crippen LogP contribution in [-0.4, -0.2) is 47.1 Å². The Morgan fingerprint density at radius 2 is 2.05 bits per heavy atom. The van der Waals surface area contributed by atoms with Gasteiger partial charge in [0.05, 0.1) is 11.5 Å². The highest BCUT2D eigenvalue weighted by Crippen LogP contribution is 2.12. The lowest BCUT2D eigenvalue weighted by molar-refractivity contribution is -0.136. The molecule has 0 aliphatic heterocycles. The Kier molecular flexibility index (Phi) is 7.39. The van der Waals surface area contributed by atoms with E-state index in [-0.39, 0.29) is 24.5 Å². The highest BCUT2D eigenvalue weighted by Gasteiger charge is 2.26. The minimum Gasteiger partial charge on any atom is -0.395 e. The summed E-state index contributed by atoms with van der Waals surface area (Å²) in [4.78, 5) is 26.7. The molecule has 1 aromatic heterocycles. The maximum Gasteiger partial charge on any atom is 0.261 e. The molecule has 0 aliphatic rings. The van der Waals surface area contributed by atoms with Crippen LogP contribution < -0.4 is 5.32 Å². The van der Waals surface area contributed by atoms with Crippen LogP contribution in [0.4, 0.5) is 0 Å². The fourth-order valence-electron chi connectivity index (χ4n) is 2.30. The molecule has 0 aliphatic carbocycles. The molecule has 118 valence electrons. The number of thiophene rings is 1. The Hall–Kier alpha value is -1.40. The number of aliphatic hydroxyl groups is 1. The van der Waals surface area contributed by atoms with E-state index in [0.29, 0.717) is 11.4 Å². The van der Waals surface area contributed by atoms with Crippen LogP contribution in [0.1, 0.15) is 43.3 Å². The van der Waals surface area contributed by atoms with Crippen molar-refractivity contribution < 1.29 is 14.7 Å². The van der Waals surface area contributed by atoms with Gasteiger partial charge < -0.3 is 15.3 Å². The summed E-state index contributed by atoms with van der Waals surface area (Å²) in [7, 11) is 0. The van der Waals surface area contributed by atoms with Crippen molar-refractivity contribution in [3.8, 4) is 0 Å². The van der Waals surface area contributed by atoms with Gasteiger partial charge in [-0.25, -0.2) is 0 Å². The van der Waals surface area contributed by atoms with Gasteiger partial charge in [0, 0.05) is 12.6 Å². The predicted molar refractivity (Wildman–Crippen MR) is 84.4 cm³/mol. The van der Waals surface area contributed by atoms with Crippen LogP contribution in [0.15, 0.2) is 17.5 Å². The van der Waals surface area contributed by atoms with E-state index >= 15 is 0 Å². The van der Waals surface area contributed by atoms with E-state index in [9.17, 15) is 9.59 Å². The van der Waals surface area contributed by atoms with E-state index in [2.05, 4.69) is 5.32 Å². The SMILES string of the molecule is CCC(CC)N(CCO)C(=O)C(C)NC(=O)c1cccs1. The monoisotopic (exact) mass is 312 g/mol. The molecular weight excluding hydrogens is 288 g/mol. The first kappa shape index (κ1) is 17.7. The fourth-order valence-corrected chi connectivity index (χ4v) is 2.92. The molecule has 1 atom stereocenters. The largest absolute Gasteiger partial charge is 0.395 e. The zero-order valence-corrected chi connectivity index (χ0v) is 13.7. The number of nitrogens with zero attached hydrogens (tertiary/aromatic N) is 1. The molecule has 0 aromatic carbocycles. The van der Waals surface area contributed by atoms with Crippen molar-refractivity contribution in [1.29, 1.82) is 0 Å². The molecule has 21 heavy (non-hydrogen) atoms. The van der Waals surface area contributed by atoms with Gasteiger partial charge in [-0.2, -0.15) is 0 Å². The van der Waals surface area contributed by atoms with Crippen LogP contribution >= 0.6 is 11.3 Å². The zero-order valence-electron chi connectivity index (χ0n) is 12.8. The van der Waals surface area contributed by atoms with Gasteiger partial charge >= 0.3 is 0 Å². The minimum atomic E-state index is -0.605. The quantitative estimate of drug-likeness (QED) is 0.770. The van der Waals surface area contributed by atoms with E-state index in [1.54, 1.807) is 24.0 Å². The number of aliphatic hydroxyl groups excluding tert-OH is 1. The third kappa shape index (κ3) is 4.82. The molecule has 5 nitrogen and oxygen atoms in total. The van der Waals surface area contributed by atoms with Gasteiger partial charge in [0.15, 0.2) is 0 Å². The molecule has 0 saturated carbocycles. The Morgan fingerprint density at radius 3 is 2.52 bits per heavy atom. The fraction of sp³-hybridized carbons (Fsp3) is 0.600. The highest BCUT2D eigenvalue weighted by molar-refractivity contribution is 7.12. The lowest BCUT2D eigenvalue weighted by Crippen LogP contribution is -2.51. The van der Waals surface area contributed by atoms with Crippen molar-refractivity contribution in [2.24, 2.45) is 0 Å². The first-order valence-electron chi connectivity index (χ1n) is 7.30. The summed E-state index contributed by atoms with van der Waals surface area (Å²) in [6, 6.07) is 3.01. The predicted octanol–water partition coefficient (Wildman–Crippen LogP) is 1.88. The number of nitrogens with one attached hydrogen (secondary N) is 1. The Morgan fingerprint density at radius 1 is 1.38 bits per heavy atom. The summed E-state index contributed by atoms with van der Waals surface area (Å²) in [6.07, 6.45) is 1.65. The molecule has 2 amide bonds. The lowest BCUT2D eigenvalue weighted by atomic mass is 10.1. The van der Waals surface area contributed by atoms with E-state index in [4.69, 9.17) is 5.11 Å². The minimum absolute atomic E-state index is 0.0756. The second kappa shape index (κ2) is 8.79. The van der Waals surface area contributed by atoms with Gasteiger partial charge in [-0.15, -0.1) is 11.3 Å². The van der Waals surface area contributed by atoms with Crippen LogP contribution in [-0.2, 0) is 4.79 Å². The van der Waals surface area contributed by atoms with Crippen LogP contribution in [0.2, 0.25) is 0 Å². The molecule has 1 unspecified atom stereocenters. The van der Waals surface area contributed by atoms with Crippen LogP contribution in [0.5, 0.6) is 0 Å². The molecule has 0 radical (unpaired) electrons. The summed E-state index contributed by atoms with van der Waals surface area (Å²) in [5, 5.41) is 13.7. The summed E-state index contributed by atoms with van der Waals surface area (Å²) in [5.41, 5.74) is 0. The maximum absolute atomic E-state index is 12.5. The summed E-state index contributed by atoms with van der Waals surface area (Å²) in [6.45, 7) is 5.93.